The van der Waals surface area contributed by atoms with Gasteiger partial charge in [-0.3, -0.25) is 9.38 Å². The minimum Gasteiger partial charge on any atom is -0.445 e. The number of carbonyl (C=O) groups excluding carboxylic acids is 1. The second-order valence-electron chi connectivity index (χ2n) is 5.17. The van der Waals surface area contributed by atoms with E-state index < -0.39 is 6.09 Å². The van der Waals surface area contributed by atoms with E-state index in [1.807, 2.05) is 53.1 Å². The number of aromatic nitrogens is 3. The normalized spacial score (nSPS) is 11.0. The lowest BCUT2D eigenvalue weighted by atomic mass is 10.2. The summed E-state index contributed by atoms with van der Waals surface area (Å²) < 4.78 is 7.09. The van der Waals surface area contributed by atoms with Gasteiger partial charge in [-0.2, -0.15) is 0 Å². The molecule has 0 aliphatic heterocycles. The van der Waals surface area contributed by atoms with Gasteiger partial charge < -0.3 is 10.1 Å². The first-order chi connectivity index (χ1) is 11.8. The molecule has 0 atom stereocenters. The number of nitrogens with zero attached hydrogens (tertiary/aromatic N) is 3. The number of hydrogen-bond donors (Lipinski definition) is 1. The zero-order chi connectivity index (χ0) is 16.6. The number of nitrogens with one attached hydrogen (secondary N) is 1. The Labute approximate surface area is 139 Å². The monoisotopic (exact) mass is 322 g/mol. The van der Waals surface area contributed by atoms with Gasteiger partial charge in [0.15, 0.2) is 5.65 Å². The first kappa shape index (κ1) is 15.7. The largest absolute Gasteiger partial charge is 0.445 e. The third kappa shape index (κ3) is 4.19. The molecule has 1 N–H and O–H groups in total. The SMILES string of the molecule is O=C(NCCC=Cc1cnc2cnccn12)OCc1ccccc1. The van der Waals surface area contributed by atoms with Gasteiger partial charge in [-0.05, 0) is 18.1 Å². The molecular formula is C18H18N4O2. The topological polar surface area (TPSA) is 68.5 Å². The van der Waals surface area contributed by atoms with Crippen LogP contribution in [0, 0.1) is 0 Å². The van der Waals surface area contributed by atoms with Gasteiger partial charge in [0, 0.05) is 18.9 Å². The number of benzene rings is 1. The number of imidazole rings is 1. The molecule has 1 amide bonds. The maximum Gasteiger partial charge on any atom is 0.407 e. The van der Waals surface area contributed by atoms with E-state index in [2.05, 4.69) is 15.3 Å². The lowest BCUT2D eigenvalue weighted by Gasteiger charge is -2.05. The summed E-state index contributed by atoms with van der Waals surface area (Å²) in [6.45, 7) is 0.792. The zero-order valence-corrected chi connectivity index (χ0v) is 13.1. The lowest BCUT2D eigenvalue weighted by molar-refractivity contribution is 0.140. The highest BCUT2D eigenvalue weighted by molar-refractivity contribution is 5.67. The average Bonchev–Trinajstić information content (AvgIpc) is 3.04. The fourth-order valence-electron chi connectivity index (χ4n) is 2.22. The fraction of sp³-hybridized carbons (Fsp3) is 0.167. The number of hydrogen-bond acceptors (Lipinski definition) is 4. The molecule has 0 saturated carbocycles. The molecule has 0 unspecified atom stereocenters. The summed E-state index contributed by atoms with van der Waals surface area (Å²) in [6, 6.07) is 9.59. The molecule has 0 spiro atoms. The summed E-state index contributed by atoms with van der Waals surface area (Å²) in [7, 11) is 0. The molecule has 0 bridgehead atoms. The molecule has 0 radical (unpaired) electrons. The molecule has 122 valence electrons. The van der Waals surface area contributed by atoms with Gasteiger partial charge in [0.05, 0.1) is 18.1 Å². The number of rotatable bonds is 6. The van der Waals surface area contributed by atoms with Gasteiger partial charge in [0.1, 0.15) is 6.61 Å². The summed E-state index contributed by atoms with van der Waals surface area (Å²) in [4.78, 5) is 19.9. The Kier molecular flexibility index (Phi) is 5.19. The number of fused-ring (bicyclic) bond motifs is 1. The minimum atomic E-state index is -0.409. The van der Waals surface area contributed by atoms with Crippen LogP contribution in [-0.4, -0.2) is 27.0 Å². The van der Waals surface area contributed by atoms with E-state index in [9.17, 15) is 4.79 Å². The van der Waals surface area contributed by atoms with Crippen LogP contribution in [0.3, 0.4) is 0 Å². The van der Waals surface area contributed by atoms with Crippen molar-refractivity contribution >= 4 is 17.8 Å². The standard InChI is InChI=1S/C18H18N4O2/c23-18(24-14-15-6-2-1-3-7-15)20-9-5-4-8-16-12-21-17-13-19-10-11-22(16)17/h1-4,6-8,10-13H,5,9,14H2,(H,20,23). The van der Waals surface area contributed by atoms with Crippen LogP contribution < -0.4 is 5.32 Å². The van der Waals surface area contributed by atoms with Gasteiger partial charge in [-0.25, -0.2) is 9.78 Å². The van der Waals surface area contributed by atoms with Crippen LogP contribution in [0.1, 0.15) is 17.7 Å². The molecule has 0 saturated heterocycles. The van der Waals surface area contributed by atoms with Crippen molar-refractivity contribution in [2.24, 2.45) is 0 Å². The Morgan fingerprint density at radius 1 is 1.25 bits per heavy atom. The highest BCUT2D eigenvalue weighted by Crippen LogP contribution is 2.06. The summed E-state index contributed by atoms with van der Waals surface area (Å²) in [5, 5.41) is 2.73. The van der Waals surface area contributed by atoms with Crippen LogP contribution in [0.5, 0.6) is 0 Å². The molecule has 1 aromatic carbocycles. The van der Waals surface area contributed by atoms with Gasteiger partial charge in [0.25, 0.3) is 0 Å². The highest BCUT2D eigenvalue weighted by Gasteiger charge is 2.01. The molecule has 24 heavy (non-hydrogen) atoms. The zero-order valence-electron chi connectivity index (χ0n) is 13.1. The van der Waals surface area contributed by atoms with E-state index in [0.717, 1.165) is 16.9 Å². The molecule has 6 heteroatoms. The van der Waals surface area contributed by atoms with Crippen LogP contribution >= 0.6 is 0 Å². The fourth-order valence-corrected chi connectivity index (χ4v) is 2.22. The molecule has 3 rings (SSSR count). The maximum absolute atomic E-state index is 11.6. The molecule has 0 aliphatic carbocycles. The maximum atomic E-state index is 11.6. The number of amides is 1. The van der Waals surface area contributed by atoms with Crippen LogP contribution in [0.4, 0.5) is 4.79 Å². The Bertz CT molecular complexity index is 827. The van der Waals surface area contributed by atoms with Crippen molar-refractivity contribution in [3.63, 3.8) is 0 Å². The predicted molar refractivity (Wildman–Crippen MR) is 91.3 cm³/mol. The molecule has 2 heterocycles. The third-order valence-electron chi connectivity index (χ3n) is 3.43. The van der Waals surface area contributed by atoms with Crippen LogP contribution in [0.25, 0.3) is 11.7 Å². The molecule has 3 aromatic rings. The first-order valence-corrected chi connectivity index (χ1v) is 7.71. The van der Waals surface area contributed by atoms with Gasteiger partial charge in [-0.15, -0.1) is 0 Å². The Morgan fingerprint density at radius 2 is 2.12 bits per heavy atom. The molecule has 6 nitrogen and oxygen atoms in total. The van der Waals surface area contributed by atoms with E-state index in [-0.39, 0.29) is 6.61 Å². The van der Waals surface area contributed by atoms with Crippen molar-refractivity contribution in [2.45, 2.75) is 13.0 Å². The first-order valence-electron chi connectivity index (χ1n) is 7.71. The summed E-state index contributed by atoms with van der Waals surface area (Å²) in [5.74, 6) is 0. The van der Waals surface area contributed by atoms with E-state index in [1.54, 1.807) is 18.6 Å². The van der Waals surface area contributed by atoms with Crippen molar-refractivity contribution < 1.29 is 9.53 Å². The lowest BCUT2D eigenvalue weighted by Crippen LogP contribution is -2.24. The second kappa shape index (κ2) is 7.92. The molecule has 0 aliphatic rings. The van der Waals surface area contributed by atoms with Gasteiger partial charge >= 0.3 is 6.09 Å². The number of carbonyl (C=O) groups is 1. The van der Waals surface area contributed by atoms with Crippen LogP contribution in [0.15, 0.2) is 61.2 Å². The van der Waals surface area contributed by atoms with Crippen molar-refractivity contribution in [3.05, 3.63) is 72.5 Å². The van der Waals surface area contributed by atoms with E-state index in [0.29, 0.717) is 13.0 Å². The van der Waals surface area contributed by atoms with Crippen molar-refractivity contribution in [3.8, 4) is 0 Å². The predicted octanol–water partition coefficient (Wildman–Crippen LogP) is 3.06. The average molecular weight is 322 g/mol. The summed E-state index contributed by atoms with van der Waals surface area (Å²) in [5.41, 5.74) is 2.74. The van der Waals surface area contributed by atoms with E-state index in [1.165, 1.54) is 0 Å². The van der Waals surface area contributed by atoms with Gasteiger partial charge in [-0.1, -0.05) is 36.4 Å². The Balaban J connectivity index is 1.39. The van der Waals surface area contributed by atoms with E-state index >= 15 is 0 Å². The molecular weight excluding hydrogens is 304 g/mol. The van der Waals surface area contributed by atoms with Crippen molar-refractivity contribution in [2.75, 3.05) is 6.54 Å². The summed E-state index contributed by atoms with van der Waals surface area (Å²) >= 11 is 0. The van der Waals surface area contributed by atoms with Crippen molar-refractivity contribution in [1.82, 2.24) is 19.7 Å². The Morgan fingerprint density at radius 3 is 3.00 bits per heavy atom. The third-order valence-corrected chi connectivity index (χ3v) is 3.43. The van der Waals surface area contributed by atoms with Crippen LogP contribution in [-0.2, 0) is 11.3 Å². The molecule has 2 aromatic heterocycles. The van der Waals surface area contributed by atoms with Crippen molar-refractivity contribution in [1.29, 1.82) is 0 Å². The van der Waals surface area contributed by atoms with Gasteiger partial charge in [0.2, 0.25) is 0 Å². The minimum absolute atomic E-state index is 0.276. The molecule has 0 fully saturated rings. The smallest absolute Gasteiger partial charge is 0.407 e. The number of ether oxygens (including phenoxy) is 1. The summed E-state index contributed by atoms with van der Waals surface area (Å²) in [6.07, 6.45) is 11.3. The second-order valence-corrected chi connectivity index (χ2v) is 5.17. The number of alkyl carbamates (subject to hydrolysis) is 1. The van der Waals surface area contributed by atoms with Crippen LogP contribution in [0.2, 0.25) is 0 Å². The quantitative estimate of drug-likeness (QED) is 0.708. The van der Waals surface area contributed by atoms with E-state index in [4.69, 9.17) is 4.74 Å². The Hall–Kier alpha value is -3.15. The highest BCUT2D eigenvalue weighted by atomic mass is 16.5.